The first-order chi connectivity index (χ1) is 17.3. The van der Waals surface area contributed by atoms with E-state index in [2.05, 4.69) is 20.3 Å². The lowest BCUT2D eigenvalue weighted by Gasteiger charge is -2.20. The number of aromatic nitrogens is 4. The molecule has 4 heterocycles. The minimum atomic E-state index is -2.95. The topological polar surface area (TPSA) is 93.0 Å². The third kappa shape index (κ3) is 3.86. The van der Waals surface area contributed by atoms with E-state index < -0.39 is 35.3 Å². The van der Waals surface area contributed by atoms with Gasteiger partial charge in [-0.25, -0.2) is 23.1 Å². The van der Waals surface area contributed by atoms with Crippen LogP contribution in [0.4, 0.5) is 24.7 Å². The Kier molecular flexibility index (Phi) is 5.91. The molecule has 1 N–H and O–H groups in total. The zero-order chi connectivity index (χ0) is 25.6. The van der Waals surface area contributed by atoms with Gasteiger partial charge in [0, 0.05) is 31.5 Å². The molecule has 5 rings (SSSR count). The molecule has 0 saturated carbocycles. The highest BCUT2D eigenvalue weighted by Crippen LogP contribution is 2.31. The van der Waals surface area contributed by atoms with Crippen molar-refractivity contribution in [2.24, 2.45) is 7.05 Å². The summed E-state index contributed by atoms with van der Waals surface area (Å²) in [4.78, 5) is 40.5. The highest BCUT2D eigenvalue weighted by molar-refractivity contribution is 6.09. The quantitative estimate of drug-likeness (QED) is 0.448. The van der Waals surface area contributed by atoms with E-state index in [9.17, 15) is 22.8 Å². The van der Waals surface area contributed by atoms with Crippen molar-refractivity contribution in [3.8, 4) is 0 Å². The number of anilines is 2. The van der Waals surface area contributed by atoms with Gasteiger partial charge in [-0.2, -0.15) is 0 Å². The van der Waals surface area contributed by atoms with E-state index >= 15 is 0 Å². The van der Waals surface area contributed by atoms with Gasteiger partial charge >= 0.3 is 0 Å². The number of benzene rings is 1. The van der Waals surface area contributed by atoms with Gasteiger partial charge in [-0.05, 0) is 31.0 Å². The van der Waals surface area contributed by atoms with Crippen molar-refractivity contribution in [3.05, 3.63) is 87.5 Å². The van der Waals surface area contributed by atoms with Gasteiger partial charge in [0.2, 0.25) is 0 Å². The number of hydrogen-bond acceptors (Lipinski definition) is 6. The first kappa shape index (κ1) is 23.5. The van der Waals surface area contributed by atoms with Crippen molar-refractivity contribution in [1.82, 2.24) is 19.5 Å². The van der Waals surface area contributed by atoms with E-state index in [4.69, 9.17) is 0 Å². The first-order valence-electron chi connectivity index (χ1n) is 11.2. The number of fused-ring (bicyclic) bond motifs is 2. The fraction of sp³-hybridized carbons (Fsp3) is 0.240. The van der Waals surface area contributed by atoms with Gasteiger partial charge in [-0.1, -0.05) is 18.2 Å². The van der Waals surface area contributed by atoms with Gasteiger partial charge in [0.1, 0.15) is 29.2 Å². The van der Waals surface area contributed by atoms with Crippen LogP contribution in [-0.4, -0.2) is 32.0 Å². The number of carbonyl (C=O) groups excluding carboxylic acids is 1. The van der Waals surface area contributed by atoms with E-state index in [1.54, 1.807) is 25.4 Å². The van der Waals surface area contributed by atoms with Gasteiger partial charge < -0.3 is 10.2 Å². The number of aryl methyl sites for hydroxylation is 1. The predicted molar refractivity (Wildman–Crippen MR) is 128 cm³/mol. The summed E-state index contributed by atoms with van der Waals surface area (Å²) in [6.07, 6.45) is 2.18. The molecular formula is C25H21F3N6O2. The maximum absolute atomic E-state index is 14.7. The number of pyridine rings is 2. The summed E-state index contributed by atoms with van der Waals surface area (Å²) < 4.78 is 42.3. The number of nitrogens with one attached hydrogen (secondary N) is 1. The average molecular weight is 494 g/mol. The Morgan fingerprint density at radius 1 is 1.17 bits per heavy atom. The number of alkyl halides is 2. The lowest BCUT2D eigenvalue weighted by Crippen LogP contribution is -2.35. The molecule has 0 spiro atoms. The minimum absolute atomic E-state index is 0.0305. The molecule has 0 aliphatic carbocycles. The van der Waals surface area contributed by atoms with E-state index in [-0.39, 0.29) is 22.6 Å². The summed E-state index contributed by atoms with van der Waals surface area (Å²) in [6, 6.07) is 6.20. The maximum atomic E-state index is 14.7. The molecule has 1 aliphatic heterocycles. The van der Waals surface area contributed by atoms with Crippen LogP contribution in [-0.2, 0) is 13.5 Å². The Hall–Kier alpha value is -4.28. The third-order valence-electron chi connectivity index (χ3n) is 6.37. The molecule has 184 valence electrons. The van der Waals surface area contributed by atoms with Crippen LogP contribution in [0.2, 0.25) is 0 Å². The van der Waals surface area contributed by atoms with Crippen molar-refractivity contribution >= 4 is 28.4 Å². The zero-order valence-electron chi connectivity index (χ0n) is 19.4. The Balaban J connectivity index is 1.56. The van der Waals surface area contributed by atoms with Crippen LogP contribution in [0.1, 0.15) is 46.4 Å². The molecule has 0 fully saturated rings. The van der Waals surface area contributed by atoms with Crippen molar-refractivity contribution in [1.29, 1.82) is 0 Å². The molecular weight excluding hydrogens is 473 g/mol. The number of carbonyl (C=O) groups is 1. The summed E-state index contributed by atoms with van der Waals surface area (Å²) in [7, 11) is 1.50. The number of hydrogen-bond donors (Lipinski definition) is 1. The molecule has 0 unspecified atom stereocenters. The lowest BCUT2D eigenvalue weighted by molar-refractivity contribution is 0.0987. The predicted octanol–water partition coefficient (Wildman–Crippen LogP) is 4.18. The first-order valence-corrected chi connectivity index (χ1v) is 11.2. The van der Waals surface area contributed by atoms with Crippen LogP contribution in [0.15, 0.2) is 53.8 Å². The number of nitrogens with zero attached hydrogens (tertiary/aromatic N) is 5. The molecule has 3 aromatic heterocycles. The molecule has 1 amide bonds. The van der Waals surface area contributed by atoms with Gasteiger partial charge in [0.05, 0.1) is 22.7 Å². The van der Waals surface area contributed by atoms with E-state index in [1.165, 1.54) is 41.0 Å². The largest absolute Gasteiger partial charge is 0.363 e. The molecule has 1 atom stereocenters. The summed E-state index contributed by atoms with van der Waals surface area (Å²) in [5.74, 6) is -1.25. The molecule has 1 aromatic carbocycles. The second kappa shape index (κ2) is 9.06. The SMILES string of the molecule is C[C@@H](Nc1ncnc2c1cc(C(=O)N1CCc3cnccc31)c(=O)n2C)c1cccc(C(F)F)c1F. The highest BCUT2D eigenvalue weighted by Gasteiger charge is 2.29. The summed E-state index contributed by atoms with van der Waals surface area (Å²) in [5, 5.41) is 3.38. The van der Waals surface area contributed by atoms with Gasteiger partial charge in [-0.3, -0.25) is 19.1 Å². The fourth-order valence-corrected chi connectivity index (χ4v) is 4.48. The fourth-order valence-electron chi connectivity index (χ4n) is 4.48. The Morgan fingerprint density at radius 2 is 1.94 bits per heavy atom. The van der Waals surface area contributed by atoms with Crippen molar-refractivity contribution in [3.63, 3.8) is 0 Å². The Bertz CT molecular complexity index is 1560. The lowest BCUT2D eigenvalue weighted by atomic mass is 10.0. The summed E-state index contributed by atoms with van der Waals surface area (Å²) in [6.45, 7) is 2.01. The van der Waals surface area contributed by atoms with E-state index in [1.807, 2.05) is 0 Å². The third-order valence-corrected chi connectivity index (χ3v) is 6.37. The Morgan fingerprint density at radius 3 is 2.72 bits per heavy atom. The Labute approximate surface area is 203 Å². The van der Waals surface area contributed by atoms with E-state index in [0.29, 0.717) is 24.0 Å². The second-order valence-electron chi connectivity index (χ2n) is 8.51. The average Bonchev–Trinajstić information content (AvgIpc) is 3.30. The van der Waals surface area contributed by atoms with Gasteiger partial charge in [0.15, 0.2) is 0 Å². The van der Waals surface area contributed by atoms with Crippen LogP contribution < -0.4 is 15.8 Å². The second-order valence-corrected chi connectivity index (χ2v) is 8.51. The highest BCUT2D eigenvalue weighted by atomic mass is 19.3. The van der Waals surface area contributed by atoms with Crippen LogP contribution >= 0.6 is 0 Å². The van der Waals surface area contributed by atoms with Crippen molar-refractivity contribution in [2.75, 3.05) is 16.8 Å². The van der Waals surface area contributed by atoms with Crippen LogP contribution in [0.25, 0.3) is 11.0 Å². The monoisotopic (exact) mass is 494 g/mol. The summed E-state index contributed by atoms with van der Waals surface area (Å²) >= 11 is 0. The zero-order valence-corrected chi connectivity index (χ0v) is 19.4. The molecule has 11 heteroatoms. The molecule has 1 aliphatic rings. The molecule has 8 nitrogen and oxygen atoms in total. The maximum Gasteiger partial charge on any atom is 0.266 e. The van der Waals surface area contributed by atoms with Crippen LogP contribution in [0.3, 0.4) is 0 Å². The van der Waals surface area contributed by atoms with Gasteiger partial charge in [-0.15, -0.1) is 0 Å². The molecule has 36 heavy (non-hydrogen) atoms. The molecule has 0 radical (unpaired) electrons. The van der Waals surface area contributed by atoms with Gasteiger partial charge in [0.25, 0.3) is 17.9 Å². The summed E-state index contributed by atoms with van der Waals surface area (Å²) in [5.41, 5.74) is 0.607. The van der Waals surface area contributed by atoms with Crippen LogP contribution in [0.5, 0.6) is 0 Å². The minimum Gasteiger partial charge on any atom is -0.363 e. The van der Waals surface area contributed by atoms with Crippen molar-refractivity contribution in [2.45, 2.75) is 25.8 Å². The molecule has 4 aromatic rings. The normalized spacial score (nSPS) is 13.8. The molecule has 0 saturated heterocycles. The van der Waals surface area contributed by atoms with Crippen molar-refractivity contribution < 1.29 is 18.0 Å². The smallest absolute Gasteiger partial charge is 0.266 e. The number of amides is 1. The number of rotatable bonds is 5. The van der Waals surface area contributed by atoms with Crippen LogP contribution in [0, 0.1) is 5.82 Å². The molecule has 0 bridgehead atoms. The standard InChI is InChI=1S/C25H21F3N6O2/c1-13(15-4-3-5-16(20(15)26)21(27)28)32-22-17-10-18(24(35)33(2)23(17)31-12-30-22)25(36)34-9-7-14-11-29-8-6-19(14)34/h3-6,8,10-13,21H,7,9H2,1-2H3,(H,30,31,32)/t13-/m1/s1. The van der Waals surface area contributed by atoms with E-state index in [0.717, 1.165) is 11.6 Å². The number of halogens is 3.